The molecule has 0 amide bonds. The van der Waals surface area contributed by atoms with Crippen molar-refractivity contribution < 1.29 is 0 Å². The normalized spacial score (nSPS) is 17.6. The molecule has 0 fully saturated rings. The van der Waals surface area contributed by atoms with Gasteiger partial charge in [0.1, 0.15) is 0 Å². The number of allylic oxidation sites excluding steroid dienone is 1. The number of nitrogens with zero attached hydrogens (tertiary/aromatic N) is 1. The second-order valence-electron chi connectivity index (χ2n) is 20.1. The monoisotopic (exact) mass is 745 g/mol. The predicted octanol–water partition coefficient (Wildman–Crippen LogP) is 15.9. The first-order valence-electron chi connectivity index (χ1n) is 21.2. The van der Waals surface area contributed by atoms with E-state index in [2.05, 4.69) is 195 Å². The summed E-state index contributed by atoms with van der Waals surface area (Å²) < 4.78 is 0. The van der Waals surface area contributed by atoms with Gasteiger partial charge in [0, 0.05) is 17.1 Å². The van der Waals surface area contributed by atoms with Crippen molar-refractivity contribution in [2.45, 2.75) is 116 Å². The molecule has 0 atom stereocenters. The van der Waals surface area contributed by atoms with Gasteiger partial charge in [-0.15, -0.1) is 0 Å². The van der Waals surface area contributed by atoms with Gasteiger partial charge in [-0.2, -0.15) is 0 Å². The molecule has 2 aliphatic carbocycles. The Balaban J connectivity index is 1.21. The summed E-state index contributed by atoms with van der Waals surface area (Å²) in [6, 6.07) is 46.5. The molecule has 288 valence electrons. The third kappa shape index (κ3) is 6.39. The molecule has 57 heavy (non-hydrogen) atoms. The topological polar surface area (TPSA) is 3.24 Å². The molecule has 0 N–H and O–H groups in total. The van der Waals surface area contributed by atoms with Crippen LogP contribution in [0, 0.1) is 6.92 Å². The van der Waals surface area contributed by atoms with Crippen LogP contribution in [0.4, 0.5) is 17.1 Å². The van der Waals surface area contributed by atoms with Crippen LogP contribution in [-0.4, -0.2) is 0 Å². The van der Waals surface area contributed by atoms with Gasteiger partial charge in [-0.25, -0.2) is 0 Å². The van der Waals surface area contributed by atoms with Crippen LogP contribution in [0.15, 0.2) is 128 Å². The molecule has 0 aromatic heterocycles. The lowest BCUT2D eigenvalue weighted by molar-refractivity contribution is 0.332. The molecular weight excluding hydrogens is 687 g/mol. The summed E-state index contributed by atoms with van der Waals surface area (Å²) in [5, 5.41) is 7.66. The Morgan fingerprint density at radius 3 is 1.58 bits per heavy atom. The highest BCUT2D eigenvalue weighted by molar-refractivity contribution is 6.10. The maximum absolute atomic E-state index is 4.63. The predicted molar refractivity (Wildman–Crippen MR) is 248 cm³/mol. The Hall–Kier alpha value is -5.14. The summed E-state index contributed by atoms with van der Waals surface area (Å²) in [4.78, 5) is 2.55. The molecule has 0 radical (unpaired) electrons. The third-order valence-electron chi connectivity index (χ3n) is 14.3. The van der Waals surface area contributed by atoms with Gasteiger partial charge in [0.25, 0.3) is 0 Å². The number of anilines is 3. The fourth-order valence-corrected chi connectivity index (χ4v) is 10.3. The largest absolute Gasteiger partial charge is 0.310 e. The van der Waals surface area contributed by atoms with E-state index in [0.29, 0.717) is 0 Å². The molecule has 1 nitrogen and oxygen atoms in total. The van der Waals surface area contributed by atoms with Gasteiger partial charge >= 0.3 is 0 Å². The van der Waals surface area contributed by atoms with E-state index in [1.807, 2.05) is 0 Å². The maximum atomic E-state index is 4.63. The summed E-state index contributed by atoms with van der Waals surface area (Å²) in [7, 11) is 0. The molecule has 7 aromatic carbocycles. The van der Waals surface area contributed by atoms with Crippen LogP contribution in [0.1, 0.15) is 120 Å². The number of aryl methyl sites for hydroxylation is 1. The number of fused-ring (bicyclic) bond motifs is 6. The molecule has 0 aliphatic heterocycles. The van der Waals surface area contributed by atoms with E-state index in [-0.39, 0.29) is 21.7 Å². The Morgan fingerprint density at radius 1 is 0.474 bits per heavy atom. The van der Waals surface area contributed by atoms with Gasteiger partial charge in [0.05, 0.1) is 0 Å². The highest BCUT2D eigenvalue weighted by atomic mass is 15.1. The molecule has 0 saturated heterocycles. The second-order valence-corrected chi connectivity index (χ2v) is 20.1. The zero-order valence-corrected chi connectivity index (χ0v) is 35.7. The highest BCUT2D eigenvalue weighted by Crippen LogP contribution is 2.51. The van der Waals surface area contributed by atoms with Crippen molar-refractivity contribution in [1.29, 1.82) is 0 Å². The molecule has 0 saturated carbocycles. The smallest absolute Gasteiger partial charge is 0.0468 e. The first kappa shape index (κ1) is 37.4. The molecule has 0 heterocycles. The Labute approximate surface area is 341 Å². The van der Waals surface area contributed by atoms with E-state index in [9.17, 15) is 0 Å². The molecule has 7 aromatic rings. The second kappa shape index (κ2) is 13.2. The van der Waals surface area contributed by atoms with Crippen molar-refractivity contribution >= 4 is 55.0 Å². The molecule has 0 bridgehead atoms. The molecule has 9 rings (SSSR count). The lowest BCUT2D eigenvalue weighted by Gasteiger charge is -2.43. The number of rotatable bonds is 6. The van der Waals surface area contributed by atoms with E-state index in [1.165, 1.54) is 114 Å². The lowest BCUT2D eigenvalue weighted by Crippen LogP contribution is -2.34. The van der Waals surface area contributed by atoms with Gasteiger partial charge in [-0.05, 0) is 180 Å². The van der Waals surface area contributed by atoms with Crippen LogP contribution in [0.25, 0.3) is 37.9 Å². The molecule has 0 unspecified atom stereocenters. The van der Waals surface area contributed by atoms with Gasteiger partial charge in [-0.3, -0.25) is 0 Å². The minimum Gasteiger partial charge on any atom is -0.310 e. The first-order chi connectivity index (χ1) is 27.0. The maximum Gasteiger partial charge on any atom is 0.0468 e. The minimum absolute atomic E-state index is 0.110. The minimum atomic E-state index is 0.110. The van der Waals surface area contributed by atoms with E-state index in [1.54, 1.807) is 0 Å². The number of hydrogen-bond donors (Lipinski definition) is 0. The number of benzene rings is 7. The van der Waals surface area contributed by atoms with Crippen molar-refractivity contribution in [3.8, 4) is 0 Å². The fraction of sp³-hybridized carbons (Fsp3) is 0.321. The summed E-state index contributed by atoms with van der Waals surface area (Å²) in [5.74, 6) is 0. The Kier molecular flexibility index (Phi) is 8.67. The van der Waals surface area contributed by atoms with Gasteiger partial charge in [0.2, 0.25) is 0 Å². The average molecular weight is 746 g/mol. The quantitative estimate of drug-likeness (QED) is 0.153. The van der Waals surface area contributed by atoms with Crippen LogP contribution >= 0.6 is 0 Å². The van der Waals surface area contributed by atoms with Crippen LogP contribution in [0.2, 0.25) is 0 Å². The molecular formula is C56H59N. The van der Waals surface area contributed by atoms with Crippen molar-refractivity contribution in [1.82, 2.24) is 0 Å². The average Bonchev–Trinajstić information content (AvgIpc) is 3.19. The standard InChI is InChI=1S/C56H59N/c1-36-15-23-46-45(47(36)31-37(2)40-17-16-38-13-11-12-14-41(38)32-40)24-19-39-18-20-42(33-48(39)46)57(43-21-25-49-51(34-43)55(7,8)29-27-53(49,3)4)44-22-26-50-52(35-44)56(9,10)30-28-54(50,5)6/h11-26,32-35H,2,27-31H2,1,3-10H3. The SMILES string of the molecule is C=C(Cc1c(C)ccc2c1ccc1ccc(N(c3ccc4c(c3)C(C)(C)CCC4(C)C)c3ccc4c(c3)C(C)(C)CCC4(C)C)cc12)c1ccc2ccccc2c1. The fourth-order valence-electron chi connectivity index (χ4n) is 10.3. The van der Waals surface area contributed by atoms with Crippen molar-refractivity contribution in [3.63, 3.8) is 0 Å². The lowest BCUT2D eigenvalue weighted by atomic mass is 9.63. The summed E-state index contributed by atoms with van der Waals surface area (Å²) in [5.41, 5.74) is 15.2. The Bertz CT molecular complexity index is 2670. The Morgan fingerprint density at radius 2 is 0.965 bits per heavy atom. The summed E-state index contributed by atoms with van der Waals surface area (Å²) in [6.45, 7) is 26.3. The third-order valence-corrected chi connectivity index (χ3v) is 14.3. The first-order valence-corrected chi connectivity index (χ1v) is 21.2. The van der Waals surface area contributed by atoms with Gasteiger partial charge in [-0.1, -0.05) is 141 Å². The highest BCUT2D eigenvalue weighted by Gasteiger charge is 2.39. The molecule has 1 heteroatoms. The van der Waals surface area contributed by atoms with E-state index < -0.39 is 0 Å². The van der Waals surface area contributed by atoms with Crippen molar-refractivity contribution in [2.75, 3.05) is 4.90 Å². The zero-order chi connectivity index (χ0) is 40.1. The van der Waals surface area contributed by atoms with Crippen molar-refractivity contribution in [2.24, 2.45) is 0 Å². The molecule has 2 aliphatic rings. The zero-order valence-electron chi connectivity index (χ0n) is 35.7. The summed E-state index contributed by atoms with van der Waals surface area (Å²) in [6.07, 6.45) is 5.60. The van der Waals surface area contributed by atoms with E-state index in [0.717, 1.165) is 12.0 Å². The van der Waals surface area contributed by atoms with Gasteiger partial charge < -0.3 is 4.90 Å². The van der Waals surface area contributed by atoms with Crippen LogP contribution < -0.4 is 4.90 Å². The van der Waals surface area contributed by atoms with E-state index >= 15 is 0 Å². The van der Waals surface area contributed by atoms with Crippen LogP contribution in [0.5, 0.6) is 0 Å². The van der Waals surface area contributed by atoms with Crippen LogP contribution in [-0.2, 0) is 28.1 Å². The van der Waals surface area contributed by atoms with E-state index in [4.69, 9.17) is 0 Å². The van der Waals surface area contributed by atoms with Crippen molar-refractivity contribution in [3.05, 3.63) is 167 Å². The molecule has 0 spiro atoms. The van der Waals surface area contributed by atoms with Crippen LogP contribution in [0.3, 0.4) is 0 Å². The van der Waals surface area contributed by atoms with Gasteiger partial charge in [0.15, 0.2) is 0 Å². The summed E-state index contributed by atoms with van der Waals surface area (Å²) >= 11 is 0. The number of hydrogen-bond acceptors (Lipinski definition) is 1.